The van der Waals surface area contributed by atoms with Crippen LogP contribution in [0.4, 0.5) is 11.4 Å². The van der Waals surface area contributed by atoms with E-state index in [0.717, 1.165) is 11.3 Å². The van der Waals surface area contributed by atoms with Gasteiger partial charge in [0.2, 0.25) is 0 Å². The summed E-state index contributed by atoms with van der Waals surface area (Å²) in [5.41, 5.74) is 2.07. The smallest absolute Gasteiger partial charge is 0.283 e. The van der Waals surface area contributed by atoms with Crippen molar-refractivity contribution in [3.63, 3.8) is 0 Å². The maximum Gasteiger partial charge on any atom is 0.283 e. The molecule has 1 aromatic carbocycles. The Morgan fingerprint density at radius 2 is 2.22 bits per heavy atom. The standard InChI is InChI=1S/C12H12BrN3O2/c1-15-5-4-9(8-15)7-14-10-2-3-12(16(17)18)11(13)6-10/h2-6,8,14H,7H2,1H3. The quantitative estimate of drug-likeness (QED) is 0.696. The number of nitro groups is 1. The third-order valence-corrected chi connectivity index (χ3v) is 3.17. The maximum atomic E-state index is 10.7. The molecule has 1 aromatic heterocycles. The van der Waals surface area contributed by atoms with Crippen LogP contribution >= 0.6 is 15.9 Å². The zero-order valence-corrected chi connectivity index (χ0v) is 11.3. The van der Waals surface area contributed by atoms with Crippen molar-refractivity contribution in [3.05, 3.63) is 56.8 Å². The number of hydrogen-bond acceptors (Lipinski definition) is 3. The van der Waals surface area contributed by atoms with E-state index in [9.17, 15) is 10.1 Å². The maximum absolute atomic E-state index is 10.7. The molecule has 0 unspecified atom stereocenters. The van der Waals surface area contributed by atoms with E-state index in [0.29, 0.717) is 11.0 Å². The van der Waals surface area contributed by atoms with Crippen LogP contribution in [0.15, 0.2) is 41.1 Å². The molecule has 6 heteroatoms. The van der Waals surface area contributed by atoms with Crippen molar-refractivity contribution in [1.82, 2.24) is 4.57 Å². The van der Waals surface area contributed by atoms with Gasteiger partial charge in [0.05, 0.1) is 9.40 Å². The van der Waals surface area contributed by atoms with Crippen LogP contribution in [-0.4, -0.2) is 9.49 Å². The molecule has 0 amide bonds. The van der Waals surface area contributed by atoms with Crippen LogP contribution in [0.2, 0.25) is 0 Å². The summed E-state index contributed by atoms with van der Waals surface area (Å²) in [5, 5.41) is 13.9. The number of nitro benzene ring substituents is 1. The average Bonchev–Trinajstić information content (AvgIpc) is 2.72. The molecular weight excluding hydrogens is 298 g/mol. The highest BCUT2D eigenvalue weighted by Gasteiger charge is 2.11. The van der Waals surface area contributed by atoms with Gasteiger partial charge in [0.25, 0.3) is 5.69 Å². The third-order valence-electron chi connectivity index (χ3n) is 2.53. The minimum atomic E-state index is -0.412. The summed E-state index contributed by atoms with van der Waals surface area (Å²) < 4.78 is 2.45. The number of aryl methyl sites for hydroxylation is 1. The minimum absolute atomic E-state index is 0.0697. The molecule has 0 spiro atoms. The van der Waals surface area contributed by atoms with Crippen LogP contribution in [0.5, 0.6) is 0 Å². The number of hydrogen-bond donors (Lipinski definition) is 1. The summed E-state index contributed by atoms with van der Waals surface area (Å²) in [4.78, 5) is 10.3. The van der Waals surface area contributed by atoms with Crippen molar-refractivity contribution in [2.24, 2.45) is 7.05 Å². The number of benzene rings is 1. The van der Waals surface area contributed by atoms with Crippen molar-refractivity contribution >= 4 is 27.3 Å². The molecule has 1 heterocycles. The van der Waals surface area contributed by atoms with Gasteiger partial charge >= 0.3 is 0 Å². The predicted molar refractivity (Wildman–Crippen MR) is 73.5 cm³/mol. The number of nitrogens with zero attached hydrogens (tertiary/aromatic N) is 2. The number of anilines is 1. The number of halogens is 1. The summed E-state index contributed by atoms with van der Waals surface area (Å²) in [7, 11) is 1.96. The average molecular weight is 310 g/mol. The molecule has 0 radical (unpaired) electrons. The fraction of sp³-hybridized carbons (Fsp3) is 0.167. The molecule has 0 saturated heterocycles. The normalized spacial score (nSPS) is 10.3. The summed E-state index contributed by atoms with van der Waals surface area (Å²) in [5.74, 6) is 0. The van der Waals surface area contributed by atoms with Gasteiger partial charge in [0, 0.05) is 37.7 Å². The van der Waals surface area contributed by atoms with Crippen LogP contribution in [-0.2, 0) is 13.6 Å². The summed E-state index contributed by atoms with van der Waals surface area (Å²) >= 11 is 3.19. The van der Waals surface area contributed by atoms with Gasteiger partial charge in [0.1, 0.15) is 0 Å². The largest absolute Gasteiger partial charge is 0.381 e. The lowest BCUT2D eigenvalue weighted by Gasteiger charge is -2.05. The Bertz CT molecular complexity index is 580. The van der Waals surface area contributed by atoms with E-state index >= 15 is 0 Å². The second-order valence-corrected chi connectivity index (χ2v) is 4.82. The first kappa shape index (κ1) is 12.6. The molecule has 0 aliphatic heterocycles. The highest BCUT2D eigenvalue weighted by molar-refractivity contribution is 9.10. The van der Waals surface area contributed by atoms with Gasteiger partial charge in [-0.15, -0.1) is 0 Å². The Labute approximate surface area is 113 Å². The van der Waals surface area contributed by atoms with E-state index in [4.69, 9.17) is 0 Å². The van der Waals surface area contributed by atoms with Gasteiger partial charge in [-0.25, -0.2) is 0 Å². The molecule has 0 aliphatic carbocycles. The highest BCUT2D eigenvalue weighted by atomic mass is 79.9. The van der Waals surface area contributed by atoms with E-state index in [1.807, 2.05) is 30.1 Å². The molecule has 0 saturated carbocycles. The molecule has 0 aliphatic rings. The predicted octanol–water partition coefficient (Wildman–Crippen LogP) is 3.31. The number of rotatable bonds is 4. The molecule has 0 bridgehead atoms. The highest BCUT2D eigenvalue weighted by Crippen LogP contribution is 2.27. The van der Waals surface area contributed by atoms with Crippen LogP contribution in [0.25, 0.3) is 0 Å². The third kappa shape index (κ3) is 2.89. The molecule has 18 heavy (non-hydrogen) atoms. The van der Waals surface area contributed by atoms with E-state index in [1.165, 1.54) is 6.07 Å². The van der Waals surface area contributed by atoms with E-state index in [-0.39, 0.29) is 5.69 Å². The molecule has 5 nitrogen and oxygen atoms in total. The Balaban J connectivity index is 2.06. The molecule has 2 aromatic rings. The van der Waals surface area contributed by atoms with Gasteiger partial charge in [-0.1, -0.05) is 0 Å². The van der Waals surface area contributed by atoms with Gasteiger partial charge in [0.15, 0.2) is 0 Å². The minimum Gasteiger partial charge on any atom is -0.381 e. The summed E-state index contributed by atoms with van der Waals surface area (Å²) in [6.45, 7) is 0.686. The first-order chi connectivity index (χ1) is 8.56. The first-order valence-electron chi connectivity index (χ1n) is 5.35. The van der Waals surface area contributed by atoms with Crippen LogP contribution in [0.3, 0.4) is 0 Å². The first-order valence-corrected chi connectivity index (χ1v) is 6.14. The van der Waals surface area contributed by atoms with Crippen molar-refractivity contribution in [2.45, 2.75) is 6.54 Å². The van der Waals surface area contributed by atoms with E-state index < -0.39 is 4.92 Å². The number of nitrogens with one attached hydrogen (secondary N) is 1. The van der Waals surface area contributed by atoms with Crippen molar-refractivity contribution in [1.29, 1.82) is 0 Å². The number of aromatic nitrogens is 1. The van der Waals surface area contributed by atoms with Crippen molar-refractivity contribution < 1.29 is 4.92 Å². The fourth-order valence-corrected chi connectivity index (χ4v) is 2.16. The monoisotopic (exact) mass is 309 g/mol. The van der Waals surface area contributed by atoms with Gasteiger partial charge in [-0.3, -0.25) is 10.1 Å². The Morgan fingerprint density at radius 3 is 2.78 bits per heavy atom. The van der Waals surface area contributed by atoms with Crippen molar-refractivity contribution in [3.8, 4) is 0 Å². The summed E-state index contributed by atoms with van der Waals surface area (Å²) in [6, 6.07) is 6.91. The van der Waals surface area contributed by atoms with Crippen molar-refractivity contribution in [2.75, 3.05) is 5.32 Å². The van der Waals surface area contributed by atoms with Crippen LogP contribution in [0.1, 0.15) is 5.56 Å². The second-order valence-electron chi connectivity index (χ2n) is 3.96. The van der Waals surface area contributed by atoms with E-state index in [2.05, 4.69) is 21.2 Å². The zero-order chi connectivity index (χ0) is 13.1. The Hall–Kier alpha value is -1.82. The van der Waals surface area contributed by atoms with Crippen LogP contribution in [0, 0.1) is 10.1 Å². The zero-order valence-electron chi connectivity index (χ0n) is 9.76. The topological polar surface area (TPSA) is 60.1 Å². The fourth-order valence-electron chi connectivity index (χ4n) is 1.63. The SMILES string of the molecule is Cn1ccc(CNc2ccc([N+](=O)[O-])c(Br)c2)c1. The molecule has 94 valence electrons. The lowest BCUT2D eigenvalue weighted by atomic mass is 10.2. The molecule has 2 rings (SSSR count). The Morgan fingerprint density at radius 1 is 1.44 bits per heavy atom. The van der Waals surface area contributed by atoms with Gasteiger partial charge in [-0.05, 0) is 39.7 Å². The van der Waals surface area contributed by atoms with E-state index in [1.54, 1.807) is 12.1 Å². The van der Waals surface area contributed by atoms with Gasteiger partial charge < -0.3 is 9.88 Å². The van der Waals surface area contributed by atoms with Crippen LogP contribution < -0.4 is 5.32 Å². The second kappa shape index (κ2) is 5.22. The summed E-state index contributed by atoms with van der Waals surface area (Å²) in [6.07, 6.45) is 4.00. The van der Waals surface area contributed by atoms with Gasteiger partial charge in [-0.2, -0.15) is 0 Å². The lowest BCUT2D eigenvalue weighted by molar-refractivity contribution is -0.385. The Kier molecular flexibility index (Phi) is 3.66. The molecule has 1 N–H and O–H groups in total. The molecule has 0 atom stereocenters. The molecular formula is C12H12BrN3O2. The molecule has 0 fully saturated rings. The lowest BCUT2D eigenvalue weighted by Crippen LogP contribution is -1.99.